The maximum Gasteiger partial charge on any atom is 0.294 e. The van der Waals surface area contributed by atoms with Gasteiger partial charge in [-0.15, -0.1) is 0 Å². The summed E-state index contributed by atoms with van der Waals surface area (Å²) < 4.78 is 47.1. The zero-order chi connectivity index (χ0) is 11.3. The van der Waals surface area contributed by atoms with E-state index in [2.05, 4.69) is 9.47 Å². The highest BCUT2D eigenvalue weighted by Gasteiger charge is 2.62. The van der Waals surface area contributed by atoms with Crippen LogP contribution < -0.4 is 0 Å². The second-order valence-corrected chi connectivity index (χ2v) is 4.15. The molecule has 15 heavy (non-hydrogen) atoms. The van der Waals surface area contributed by atoms with E-state index >= 15 is 0 Å². The smallest absolute Gasteiger partial charge is 0.294 e. The van der Waals surface area contributed by atoms with E-state index in [1.54, 1.807) is 13.8 Å². The lowest BCUT2D eigenvalue weighted by Gasteiger charge is -2.37. The molecular formula is C9H14F2O4. The van der Waals surface area contributed by atoms with Crippen LogP contribution in [0.25, 0.3) is 0 Å². The Kier molecular flexibility index (Phi) is 2.50. The molecule has 2 heterocycles. The molecule has 0 aliphatic carbocycles. The summed E-state index contributed by atoms with van der Waals surface area (Å²) in [6.45, 7) is 3.23. The number of rotatable bonds is 1. The summed E-state index contributed by atoms with van der Waals surface area (Å²) in [6, 6.07) is 0. The standard InChI is InChI=1S/C9H14F2O4/c1-8(2)14-5-4-13-7(10)9(11,12-3)6(5)15-8/h5-7H,4H2,1-3H3/t5-,6-,7?,9-/m1/s1. The number of hydrogen-bond donors (Lipinski definition) is 0. The predicted molar refractivity (Wildman–Crippen MR) is 45.5 cm³/mol. The van der Waals surface area contributed by atoms with Gasteiger partial charge in [0.1, 0.15) is 6.10 Å². The summed E-state index contributed by atoms with van der Waals surface area (Å²) in [4.78, 5) is 0. The average Bonchev–Trinajstić information content (AvgIpc) is 2.48. The van der Waals surface area contributed by atoms with Gasteiger partial charge in [-0.1, -0.05) is 0 Å². The van der Waals surface area contributed by atoms with Crippen molar-refractivity contribution in [2.24, 2.45) is 0 Å². The maximum atomic E-state index is 14.1. The number of ether oxygens (including phenoxy) is 4. The lowest BCUT2D eigenvalue weighted by molar-refractivity contribution is -0.322. The predicted octanol–water partition coefficient (Wildman–Crippen LogP) is 1.14. The van der Waals surface area contributed by atoms with Crippen LogP contribution in [0, 0.1) is 0 Å². The molecule has 1 unspecified atom stereocenters. The highest BCUT2D eigenvalue weighted by Crippen LogP contribution is 2.42. The van der Waals surface area contributed by atoms with Crippen molar-refractivity contribution >= 4 is 0 Å². The minimum Gasteiger partial charge on any atom is -0.343 e. The van der Waals surface area contributed by atoms with Crippen LogP contribution in [-0.2, 0) is 18.9 Å². The first-order valence-electron chi connectivity index (χ1n) is 4.74. The summed E-state index contributed by atoms with van der Waals surface area (Å²) >= 11 is 0. The minimum atomic E-state index is -2.60. The molecule has 0 bridgehead atoms. The molecule has 2 aliphatic heterocycles. The first kappa shape index (κ1) is 11.2. The molecule has 0 aromatic carbocycles. The Morgan fingerprint density at radius 1 is 1.33 bits per heavy atom. The molecule has 6 heteroatoms. The van der Waals surface area contributed by atoms with Crippen molar-refractivity contribution < 1.29 is 27.7 Å². The molecule has 0 N–H and O–H groups in total. The topological polar surface area (TPSA) is 36.9 Å². The van der Waals surface area contributed by atoms with Crippen molar-refractivity contribution in [2.75, 3.05) is 13.7 Å². The first-order chi connectivity index (χ1) is 6.89. The normalized spacial score (nSPS) is 49.0. The first-order valence-corrected chi connectivity index (χ1v) is 4.74. The Bertz CT molecular complexity index is 260. The molecule has 0 amide bonds. The van der Waals surface area contributed by atoms with Crippen molar-refractivity contribution in [2.45, 2.75) is 44.1 Å². The number of alkyl halides is 2. The van der Waals surface area contributed by atoms with E-state index in [0.29, 0.717) is 0 Å². The van der Waals surface area contributed by atoms with Crippen LogP contribution in [-0.4, -0.2) is 43.9 Å². The number of halogens is 2. The van der Waals surface area contributed by atoms with Crippen molar-refractivity contribution in [3.05, 3.63) is 0 Å². The molecule has 2 rings (SSSR count). The fourth-order valence-electron chi connectivity index (χ4n) is 1.92. The van der Waals surface area contributed by atoms with Gasteiger partial charge in [0, 0.05) is 7.11 Å². The van der Waals surface area contributed by atoms with Crippen molar-refractivity contribution in [1.82, 2.24) is 0 Å². The largest absolute Gasteiger partial charge is 0.343 e. The maximum absolute atomic E-state index is 14.1. The van der Waals surface area contributed by atoms with E-state index < -0.39 is 30.2 Å². The molecule has 0 aromatic rings. The van der Waals surface area contributed by atoms with Gasteiger partial charge in [-0.05, 0) is 13.8 Å². The van der Waals surface area contributed by atoms with E-state index in [0.717, 1.165) is 7.11 Å². The lowest BCUT2D eigenvalue weighted by Crippen LogP contribution is -2.58. The summed E-state index contributed by atoms with van der Waals surface area (Å²) in [5, 5.41) is 0. The van der Waals surface area contributed by atoms with Crippen molar-refractivity contribution in [1.29, 1.82) is 0 Å². The third kappa shape index (κ3) is 1.65. The molecule has 88 valence electrons. The number of methoxy groups -OCH3 is 1. The van der Waals surface area contributed by atoms with Crippen LogP contribution >= 0.6 is 0 Å². The van der Waals surface area contributed by atoms with Gasteiger partial charge >= 0.3 is 0 Å². The van der Waals surface area contributed by atoms with Gasteiger partial charge in [-0.2, -0.15) is 0 Å². The third-order valence-electron chi connectivity index (χ3n) is 2.60. The van der Waals surface area contributed by atoms with Crippen LogP contribution in [0.2, 0.25) is 0 Å². The van der Waals surface area contributed by atoms with Crippen LogP contribution in [0.3, 0.4) is 0 Å². The van der Waals surface area contributed by atoms with Crippen molar-refractivity contribution in [3.8, 4) is 0 Å². The lowest BCUT2D eigenvalue weighted by atomic mass is 10.0. The van der Waals surface area contributed by atoms with E-state index in [1.165, 1.54) is 0 Å². The van der Waals surface area contributed by atoms with Crippen molar-refractivity contribution in [3.63, 3.8) is 0 Å². The minimum absolute atomic E-state index is 0.0374. The molecule has 4 nitrogen and oxygen atoms in total. The van der Waals surface area contributed by atoms with Crippen LogP contribution in [0.1, 0.15) is 13.8 Å². The van der Waals surface area contributed by atoms with Crippen LogP contribution in [0.5, 0.6) is 0 Å². The summed E-state index contributed by atoms with van der Waals surface area (Å²) in [6.07, 6.45) is -3.89. The zero-order valence-corrected chi connectivity index (χ0v) is 8.83. The van der Waals surface area contributed by atoms with E-state index in [1.807, 2.05) is 0 Å². The molecule has 0 aromatic heterocycles. The Morgan fingerprint density at radius 2 is 2.00 bits per heavy atom. The Morgan fingerprint density at radius 3 is 2.60 bits per heavy atom. The number of fused-ring (bicyclic) bond motifs is 1. The average molecular weight is 224 g/mol. The third-order valence-corrected chi connectivity index (χ3v) is 2.60. The fourth-order valence-corrected chi connectivity index (χ4v) is 1.92. The highest BCUT2D eigenvalue weighted by molar-refractivity contribution is 4.97. The molecule has 0 radical (unpaired) electrons. The van der Waals surface area contributed by atoms with Crippen LogP contribution in [0.15, 0.2) is 0 Å². The monoisotopic (exact) mass is 224 g/mol. The molecule has 2 aliphatic rings. The Labute approximate surface area is 86.4 Å². The molecule has 2 saturated heterocycles. The quantitative estimate of drug-likeness (QED) is 0.669. The van der Waals surface area contributed by atoms with E-state index in [4.69, 9.17) is 9.47 Å². The van der Waals surface area contributed by atoms with Gasteiger partial charge in [0.15, 0.2) is 11.9 Å². The molecule has 0 spiro atoms. The molecular weight excluding hydrogens is 210 g/mol. The van der Waals surface area contributed by atoms with E-state index in [-0.39, 0.29) is 6.61 Å². The van der Waals surface area contributed by atoms with E-state index in [9.17, 15) is 8.78 Å². The SMILES string of the molecule is CO[C@@]1(F)C(F)OC[C@H]2OC(C)(C)O[C@H]21. The van der Waals surface area contributed by atoms with Gasteiger partial charge in [-0.25, -0.2) is 8.78 Å². The molecule has 2 fully saturated rings. The highest BCUT2D eigenvalue weighted by atomic mass is 19.2. The molecule has 0 saturated carbocycles. The second kappa shape index (κ2) is 3.35. The summed E-state index contributed by atoms with van der Waals surface area (Å²) in [5.74, 6) is -3.55. The van der Waals surface area contributed by atoms with Gasteiger partial charge in [0.25, 0.3) is 12.2 Å². The van der Waals surface area contributed by atoms with Gasteiger partial charge in [0.05, 0.1) is 6.61 Å². The Balaban J connectivity index is 2.24. The second-order valence-electron chi connectivity index (χ2n) is 4.15. The molecule has 4 atom stereocenters. The van der Waals surface area contributed by atoms with Gasteiger partial charge < -0.3 is 18.9 Å². The van der Waals surface area contributed by atoms with Gasteiger partial charge in [-0.3, -0.25) is 0 Å². The van der Waals surface area contributed by atoms with Crippen LogP contribution in [0.4, 0.5) is 8.78 Å². The van der Waals surface area contributed by atoms with Gasteiger partial charge in [0.2, 0.25) is 0 Å². The summed E-state index contributed by atoms with van der Waals surface area (Å²) in [5.41, 5.74) is 0. The number of hydrogen-bond acceptors (Lipinski definition) is 4. The Hall–Kier alpha value is -0.300. The fraction of sp³-hybridized carbons (Fsp3) is 1.00. The summed E-state index contributed by atoms with van der Waals surface area (Å²) in [7, 11) is 1.08. The zero-order valence-electron chi connectivity index (χ0n) is 8.83.